The van der Waals surface area contributed by atoms with E-state index < -0.39 is 0 Å². The van der Waals surface area contributed by atoms with Gasteiger partial charge in [-0.05, 0) is 17.7 Å². The number of nitrogens with two attached hydrogens (primary N) is 1. The molecule has 3 rings (SSSR count). The lowest BCUT2D eigenvalue weighted by Gasteiger charge is -2.15. The van der Waals surface area contributed by atoms with Gasteiger partial charge in [-0.15, -0.1) is 11.3 Å². The fraction of sp³-hybridized carbons (Fsp3) is 0.308. The number of ether oxygens (including phenoxy) is 1. The molecular weight excluding hydrogens is 246 g/mol. The van der Waals surface area contributed by atoms with Crippen molar-refractivity contribution in [2.45, 2.75) is 19.6 Å². The molecule has 94 valence electrons. The van der Waals surface area contributed by atoms with Gasteiger partial charge in [0.15, 0.2) is 5.13 Å². The first-order valence-corrected chi connectivity index (χ1v) is 6.65. The molecule has 0 atom stereocenters. The summed E-state index contributed by atoms with van der Waals surface area (Å²) in [6.07, 6.45) is 0. The number of thiazole rings is 1. The van der Waals surface area contributed by atoms with Crippen molar-refractivity contribution in [3.05, 3.63) is 40.4 Å². The SMILES string of the molecule is COc1cccc(CN2Cc3nc(N)sc3C2)c1. The topological polar surface area (TPSA) is 51.4 Å². The quantitative estimate of drug-likeness (QED) is 0.920. The van der Waals surface area contributed by atoms with Crippen LogP contribution >= 0.6 is 11.3 Å². The Morgan fingerprint density at radius 1 is 1.44 bits per heavy atom. The Morgan fingerprint density at radius 3 is 3.11 bits per heavy atom. The largest absolute Gasteiger partial charge is 0.497 e. The molecule has 5 heteroatoms. The Morgan fingerprint density at radius 2 is 2.33 bits per heavy atom. The van der Waals surface area contributed by atoms with Crippen LogP contribution in [0.15, 0.2) is 24.3 Å². The van der Waals surface area contributed by atoms with E-state index in [1.165, 1.54) is 10.4 Å². The summed E-state index contributed by atoms with van der Waals surface area (Å²) in [4.78, 5) is 8.01. The predicted molar refractivity (Wildman–Crippen MR) is 72.5 cm³/mol. The van der Waals surface area contributed by atoms with Crippen molar-refractivity contribution in [3.63, 3.8) is 0 Å². The molecule has 0 bridgehead atoms. The van der Waals surface area contributed by atoms with Crippen LogP contribution in [0.25, 0.3) is 0 Å². The maximum atomic E-state index is 5.70. The standard InChI is InChI=1S/C13H15N3OS/c1-17-10-4-2-3-9(5-10)6-16-7-11-12(8-16)18-13(14)15-11/h2-5H,6-8H2,1H3,(H2,14,15). The highest BCUT2D eigenvalue weighted by Crippen LogP contribution is 2.30. The van der Waals surface area contributed by atoms with Crippen molar-refractivity contribution in [1.29, 1.82) is 0 Å². The predicted octanol–water partition coefficient (Wildman–Crippen LogP) is 2.25. The van der Waals surface area contributed by atoms with E-state index in [9.17, 15) is 0 Å². The zero-order valence-corrected chi connectivity index (χ0v) is 11.0. The van der Waals surface area contributed by atoms with E-state index in [1.807, 2.05) is 12.1 Å². The molecule has 1 aliphatic heterocycles. The van der Waals surface area contributed by atoms with E-state index in [-0.39, 0.29) is 0 Å². The number of nitrogens with zero attached hydrogens (tertiary/aromatic N) is 2. The number of nitrogen functional groups attached to an aromatic ring is 1. The molecule has 2 heterocycles. The summed E-state index contributed by atoms with van der Waals surface area (Å²) in [6, 6.07) is 8.19. The first-order chi connectivity index (χ1) is 8.74. The maximum absolute atomic E-state index is 5.70. The van der Waals surface area contributed by atoms with Gasteiger partial charge in [-0.25, -0.2) is 4.98 Å². The van der Waals surface area contributed by atoms with Crippen molar-refractivity contribution >= 4 is 16.5 Å². The van der Waals surface area contributed by atoms with E-state index in [0.29, 0.717) is 5.13 Å². The third-order valence-corrected chi connectivity index (χ3v) is 3.99. The summed E-state index contributed by atoms with van der Waals surface area (Å²) < 4.78 is 5.24. The number of hydrogen-bond acceptors (Lipinski definition) is 5. The van der Waals surface area contributed by atoms with Crippen molar-refractivity contribution in [2.24, 2.45) is 0 Å². The Balaban J connectivity index is 1.70. The van der Waals surface area contributed by atoms with Gasteiger partial charge < -0.3 is 10.5 Å². The lowest BCUT2D eigenvalue weighted by molar-refractivity contribution is 0.274. The first-order valence-electron chi connectivity index (χ1n) is 5.84. The number of hydrogen-bond donors (Lipinski definition) is 1. The van der Waals surface area contributed by atoms with Crippen LogP contribution in [0.3, 0.4) is 0 Å². The van der Waals surface area contributed by atoms with Crippen molar-refractivity contribution < 1.29 is 4.74 Å². The van der Waals surface area contributed by atoms with Gasteiger partial charge >= 0.3 is 0 Å². The van der Waals surface area contributed by atoms with E-state index >= 15 is 0 Å². The molecule has 4 nitrogen and oxygen atoms in total. The van der Waals surface area contributed by atoms with Crippen molar-refractivity contribution in [2.75, 3.05) is 12.8 Å². The summed E-state index contributed by atoms with van der Waals surface area (Å²) in [5, 5.41) is 0.682. The van der Waals surface area contributed by atoms with Crippen LogP contribution in [0, 0.1) is 0 Å². The fourth-order valence-electron chi connectivity index (χ4n) is 2.26. The van der Waals surface area contributed by atoms with Gasteiger partial charge in [0.1, 0.15) is 5.75 Å². The Labute approximate surface area is 110 Å². The summed E-state index contributed by atoms with van der Waals surface area (Å²) >= 11 is 1.60. The number of fused-ring (bicyclic) bond motifs is 1. The van der Waals surface area contributed by atoms with Gasteiger partial charge in [-0.1, -0.05) is 12.1 Å². The third kappa shape index (κ3) is 2.19. The van der Waals surface area contributed by atoms with Gasteiger partial charge in [0.05, 0.1) is 12.8 Å². The molecule has 0 aliphatic carbocycles. The lowest BCUT2D eigenvalue weighted by atomic mass is 10.2. The van der Waals surface area contributed by atoms with Crippen LogP contribution in [-0.2, 0) is 19.6 Å². The zero-order valence-electron chi connectivity index (χ0n) is 10.2. The van der Waals surface area contributed by atoms with Gasteiger partial charge in [0, 0.05) is 24.5 Å². The average molecular weight is 261 g/mol. The summed E-state index contributed by atoms with van der Waals surface area (Å²) in [5.74, 6) is 0.906. The molecule has 0 saturated heterocycles. The molecule has 0 spiro atoms. The number of methoxy groups -OCH3 is 1. The summed E-state index contributed by atoms with van der Waals surface area (Å²) in [6.45, 7) is 2.75. The molecule has 2 aromatic rings. The van der Waals surface area contributed by atoms with E-state index in [1.54, 1.807) is 18.4 Å². The van der Waals surface area contributed by atoms with E-state index in [0.717, 1.165) is 31.1 Å². The minimum Gasteiger partial charge on any atom is -0.497 e. The second-order valence-corrected chi connectivity index (χ2v) is 5.53. The summed E-state index contributed by atoms with van der Waals surface area (Å²) in [7, 11) is 1.69. The minimum atomic E-state index is 0.682. The molecular formula is C13H15N3OS. The van der Waals surface area contributed by atoms with Gasteiger partial charge in [0.25, 0.3) is 0 Å². The second kappa shape index (κ2) is 4.59. The molecule has 0 radical (unpaired) electrons. The molecule has 18 heavy (non-hydrogen) atoms. The molecule has 0 unspecified atom stereocenters. The lowest BCUT2D eigenvalue weighted by Crippen LogP contribution is -2.16. The number of aromatic nitrogens is 1. The minimum absolute atomic E-state index is 0.682. The molecule has 0 amide bonds. The smallest absolute Gasteiger partial charge is 0.180 e. The summed E-state index contributed by atoms with van der Waals surface area (Å²) in [5.41, 5.74) is 8.10. The Bertz CT molecular complexity index is 544. The molecule has 2 N–H and O–H groups in total. The molecule has 1 aromatic heterocycles. The fourth-order valence-corrected chi connectivity index (χ4v) is 3.15. The van der Waals surface area contributed by atoms with Gasteiger partial charge in [-0.3, -0.25) is 4.90 Å². The first kappa shape index (κ1) is 11.5. The number of benzene rings is 1. The van der Waals surface area contributed by atoms with Crippen LogP contribution in [0.2, 0.25) is 0 Å². The van der Waals surface area contributed by atoms with Gasteiger partial charge in [-0.2, -0.15) is 0 Å². The normalized spacial score (nSPS) is 14.7. The second-order valence-electron chi connectivity index (χ2n) is 4.42. The third-order valence-electron chi connectivity index (χ3n) is 3.08. The molecule has 0 fully saturated rings. The van der Waals surface area contributed by atoms with Crippen molar-refractivity contribution in [1.82, 2.24) is 9.88 Å². The molecule has 1 aliphatic rings. The average Bonchev–Trinajstić information content (AvgIpc) is 2.86. The maximum Gasteiger partial charge on any atom is 0.180 e. The van der Waals surface area contributed by atoms with Crippen molar-refractivity contribution in [3.8, 4) is 5.75 Å². The van der Waals surface area contributed by atoms with Crippen LogP contribution in [0.5, 0.6) is 5.75 Å². The highest BCUT2D eigenvalue weighted by molar-refractivity contribution is 7.15. The van der Waals surface area contributed by atoms with E-state index in [4.69, 9.17) is 10.5 Å². The monoisotopic (exact) mass is 261 g/mol. The zero-order chi connectivity index (χ0) is 12.5. The van der Waals surface area contributed by atoms with Crippen LogP contribution < -0.4 is 10.5 Å². The van der Waals surface area contributed by atoms with Crippen LogP contribution in [0.1, 0.15) is 16.1 Å². The Kier molecular flexibility index (Phi) is 2.93. The number of anilines is 1. The molecule has 0 saturated carbocycles. The van der Waals surface area contributed by atoms with E-state index in [2.05, 4.69) is 22.0 Å². The van der Waals surface area contributed by atoms with Crippen LogP contribution in [0.4, 0.5) is 5.13 Å². The highest BCUT2D eigenvalue weighted by Gasteiger charge is 2.22. The van der Waals surface area contributed by atoms with Gasteiger partial charge in [0.2, 0.25) is 0 Å². The Hall–Kier alpha value is -1.59. The highest BCUT2D eigenvalue weighted by atomic mass is 32.1. The van der Waals surface area contributed by atoms with Crippen LogP contribution in [-0.4, -0.2) is 17.0 Å². The molecule has 1 aromatic carbocycles. The number of rotatable bonds is 3.